The predicted octanol–water partition coefficient (Wildman–Crippen LogP) is 14.9. The van der Waals surface area contributed by atoms with Crippen molar-refractivity contribution in [2.24, 2.45) is 0 Å². The van der Waals surface area contributed by atoms with Gasteiger partial charge in [0, 0.05) is 36.9 Å². The first-order chi connectivity index (χ1) is 30.7. The minimum atomic E-state index is -0.366. The van der Waals surface area contributed by atoms with Crippen LogP contribution >= 0.6 is 11.3 Å². The van der Waals surface area contributed by atoms with Gasteiger partial charge in [-0.2, -0.15) is 0 Å². The zero-order valence-electron chi connectivity index (χ0n) is 33.5. The van der Waals surface area contributed by atoms with E-state index in [1.807, 2.05) is 18.2 Å². The van der Waals surface area contributed by atoms with Gasteiger partial charge >= 0.3 is 0 Å². The Balaban J connectivity index is 0.915. The molecule has 0 saturated heterocycles. The molecular weight excluding hydrogens is 771 g/mol. The van der Waals surface area contributed by atoms with Crippen LogP contribution in [0.15, 0.2) is 212 Å². The molecule has 0 radical (unpaired) electrons. The minimum absolute atomic E-state index is 0.366. The summed E-state index contributed by atoms with van der Waals surface area (Å²) in [6, 6.07) is 76.8. The second-order valence-corrected chi connectivity index (χ2v) is 17.3. The van der Waals surface area contributed by atoms with Crippen LogP contribution in [0.1, 0.15) is 22.3 Å². The molecule has 11 aromatic rings. The zero-order valence-corrected chi connectivity index (χ0v) is 34.3. The first kappa shape index (κ1) is 35.0. The number of fused-ring (bicyclic) bond motifs is 13. The van der Waals surface area contributed by atoms with Crippen molar-refractivity contribution in [2.45, 2.75) is 5.41 Å². The lowest BCUT2D eigenvalue weighted by Crippen LogP contribution is -2.25. The third kappa shape index (κ3) is 5.08. The van der Waals surface area contributed by atoms with E-state index in [1.54, 1.807) is 11.3 Å². The van der Waals surface area contributed by atoms with Crippen LogP contribution in [0, 0.1) is 0 Å². The molecule has 0 atom stereocenters. The van der Waals surface area contributed by atoms with Gasteiger partial charge in [-0.15, -0.1) is 11.3 Å². The molecule has 0 aliphatic heterocycles. The first-order valence-corrected chi connectivity index (χ1v) is 21.9. The van der Waals surface area contributed by atoms with Crippen LogP contribution in [0.3, 0.4) is 0 Å². The summed E-state index contributed by atoms with van der Waals surface area (Å²) in [4.78, 5) is 15.4. The fourth-order valence-electron chi connectivity index (χ4n) is 10.4. The Morgan fingerprint density at radius 3 is 1.58 bits per heavy atom. The largest absolute Gasteiger partial charge is 0.208 e. The molecule has 13 rings (SSSR count). The maximum absolute atomic E-state index is 5.22. The average Bonchev–Trinajstić information content (AvgIpc) is 3.99. The average molecular weight is 806 g/mol. The second kappa shape index (κ2) is 13.6. The number of rotatable bonds is 5. The Kier molecular flexibility index (Phi) is 7.69. The molecule has 0 fully saturated rings. The molecule has 2 aliphatic carbocycles. The van der Waals surface area contributed by atoms with E-state index in [2.05, 4.69) is 194 Å². The summed E-state index contributed by atoms with van der Waals surface area (Å²) in [6.45, 7) is 0. The maximum Gasteiger partial charge on any atom is 0.164 e. The highest BCUT2D eigenvalue weighted by molar-refractivity contribution is 7.25. The molecule has 9 aromatic carbocycles. The Hall–Kier alpha value is -7.79. The van der Waals surface area contributed by atoms with E-state index in [1.165, 1.54) is 75.8 Å². The van der Waals surface area contributed by atoms with Crippen molar-refractivity contribution in [3.8, 4) is 78.7 Å². The molecule has 1 spiro atoms. The van der Waals surface area contributed by atoms with Gasteiger partial charge in [-0.1, -0.05) is 194 Å². The van der Waals surface area contributed by atoms with Gasteiger partial charge in [0.2, 0.25) is 0 Å². The molecule has 0 amide bonds. The van der Waals surface area contributed by atoms with Crippen molar-refractivity contribution in [2.75, 3.05) is 0 Å². The van der Waals surface area contributed by atoms with Crippen LogP contribution in [0.25, 0.3) is 98.8 Å². The molecule has 2 aromatic heterocycles. The number of thiophene rings is 1. The molecule has 62 heavy (non-hydrogen) atoms. The predicted molar refractivity (Wildman–Crippen MR) is 256 cm³/mol. The quantitative estimate of drug-likeness (QED) is 0.174. The Morgan fingerprint density at radius 2 is 0.806 bits per heavy atom. The molecule has 288 valence electrons. The summed E-state index contributed by atoms with van der Waals surface area (Å²) in [5.41, 5.74) is 17.9. The zero-order chi connectivity index (χ0) is 40.8. The van der Waals surface area contributed by atoms with E-state index in [9.17, 15) is 0 Å². The Labute approximate surface area is 363 Å². The summed E-state index contributed by atoms with van der Waals surface area (Å²) < 4.78 is 2.47. The fourth-order valence-corrected chi connectivity index (χ4v) is 11.5. The number of aromatic nitrogens is 3. The molecule has 2 heterocycles. The topological polar surface area (TPSA) is 38.7 Å². The summed E-state index contributed by atoms with van der Waals surface area (Å²) >= 11 is 1.80. The van der Waals surface area contributed by atoms with E-state index in [0.717, 1.165) is 27.8 Å². The molecule has 0 unspecified atom stereocenters. The summed E-state index contributed by atoms with van der Waals surface area (Å²) in [5, 5.41) is 2.40. The van der Waals surface area contributed by atoms with Crippen LogP contribution in [-0.2, 0) is 5.41 Å². The minimum Gasteiger partial charge on any atom is -0.208 e. The molecule has 4 heteroatoms. The van der Waals surface area contributed by atoms with Gasteiger partial charge in [0.1, 0.15) is 0 Å². The monoisotopic (exact) mass is 805 g/mol. The van der Waals surface area contributed by atoms with Crippen molar-refractivity contribution in [3.05, 3.63) is 235 Å². The standard InChI is InChI=1S/C58H35N3S/c1-2-15-38(16-3-1)55-59-56(61-57(60-55)46-24-14-30-52-54(46)45-22-7-11-29-51(45)62-52)40-18-12-17-39(35-40)36-31-33-37(34-32-36)41-23-13-28-50-53(41)44-21-6-10-27-49(44)58(50)47-25-8-4-19-42(47)43-20-5-9-26-48(43)58/h1-35H. The number of nitrogens with zero attached hydrogens (tertiary/aromatic N) is 3. The lowest BCUT2D eigenvalue weighted by atomic mass is 9.70. The van der Waals surface area contributed by atoms with Gasteiger partial charge in [-0.05, 0) is 85.0 Å². The Morgan fingerprint density at radius 1 is 0.306 bits per heavy atom. The highest BCUT2D eigenvalue weighted by atomic mass is 32.1. The van der Waals surface area contributed by atoms with Crippen LogP contribution < -0.4 is 0 Å². The van der Waals surface area contributed by atoms with E-state index in [4.69, 9.17) is 15.0 Å². The summed E-state index contributed by atoms with van der Waals surface area (Å²) in [5.74, 6) is 1.97. The molecule has 0 bridgehead atoms. The van der Waals surface area contributed by atoms with Crippen molar-refractivity contribution in [3.63, 3.8) is 0 Å². The van der Waals surface area contributed by atoms with Crippen molar-refractivity contribution >= 4 is 31.5 Å². The number of hydrogen-bond acceptors (Lipinski definition) is 4. The molecule has 3 nitrogen and oxygen atoms in total. The summed E-state index contributed by atoms with van der Waals surface area (Å²) in [6.07, 6.45) is 0. The molecule has 0 N–H and O–H groups in total. The summed E-state index contributed by atoms with van der Waals surface area (Å²) in [7, 11) is 0. The van der Waals surface area contributed by atoms with Gasteiger partial charge in [0.25, 0.3) is 0 Å². The van der Waals surface area contributed by atoms with Crippen molar-refractivity contribution < 1.29 is 0 Å². The SMILES string of the molecule is c1ccc(-c2nc(-c3cccc(-c4ccc(-c5cccc6c5-c5ccccc5C65c6ccccc6-c6ccccc65)cc4)c3)nc(-c3cccc4sc5ccccc5c34)n2)cc1. The van der Waals surface area contributed by atoms with E-state index < -0.39 is 0 Å². The smallest absolute Gasteiger partial charge is 0.164 e. The number of benzene rings is 9. The first-order valence-electron chi connectivity index (χ1n) is 21.1. The fraction of sp³-hybridized carbons (Fsp3) is 0.0172. The lowest BCUT2D eigenvalue weighted by molar-refractivity contribution is 0.794. The number of hydrogen-bond donors (Lipinski definition) is 0. The van der Waals surface area contributed by atoms with Gasteiger partial charge in [0.15, 0.2) is 17.5 Å². The lowest BCUT2D eigenvalue weighted by Gasteiger charge is -2.30. The highest BCUT2D eigenvalue weighted by Gasteiger charge is 2.51. The van der Waals surface area contributed by atoms with Crippen LogP contribution in [0.5, 0.6) is 0 Å². The molecule has 2 aliphatic rings. The van der Waals surface area contributed by atoms with Gasteiger partial charge in [0.05, 0.1) is 5.41 Å². The van der Waals surface area contributed by atoms with Crippen molar-refractivity contribution in [1.82, 2.24) is 15.0 Å². The van der Waals surface area contributed by atoms with E-state index in [0.29, 0.717) is 17.5 Å². The third-order valence-electron chi connectivity index (χ3n) is 13.0. The van der Waals surface area contributed by atoms with E-state index in [-0.39, 0.29) is 5.41 Å². The van der Waals surface area contributed by atoms with Gasteiger partial charge in [-0.3, -0.25) is 0 Å². The van der Waals surface area contributed by atoms with Crippen LogP contribution in [-0.4, -0.2) is 15.0 Å². The molecular formula is C58H35N3S. The highest BCUT2D eigenvalue weighted by Crippen LogP contribution is 2.64. The maximum atomic E-state index is 5.22. The Bertz CT molecular complexity index is 3540. The van der Waals surface area contributed by atoms with Gasteiger partial charge < -0.3 is 0 Å². The molecule has 0 saturated carbocycles. The van der Waals surface area contributed by atoms with Crippen LogP contribution in [0.2, 0.25) is 0 Å². The second-order valence-electron chi connectivity index (χ2n) is 16.2. The van der Waals surface area contributed by atoms with Gasteiger partial charge in [-0.25, -0.2) is 15.0 Å². The normalized spacial score (nSPS) is 13.0. The third-order valence-corrected chi connectivity index (χ3v) is 14.1. The van der Waals surface area contributed by atoms with Crippen molar-refractivity contribution in [1.29, 1.82) is 0 Å². The van der Waals surface area contributed by atoms with Crippen LogP contribution in [0.4, 0.5) is 0 Å². The van der Waals surface area contributed by atoms with E-state index >= 15 is 0 Å².